The SMILES string of the molecule is COc1ccc(CCCCCCN)c(OC)c1Cl. The van der Waals surface area contributed by atoms with Crippen molar-refractivity contribution in [3.63, 3.8) is 0 Å². The lowest BCUT2D eigenvalue weighted by atomic mass is 10.0. The molecule has 0 fully saturated rings. The molecule has 0 aliphatic heterocycles. The van der Waals surface area contributed by atoms with Crippen molar-refractivity contribution in [2.24, 2.45) is 5.73 Å². The van der Waals surface area contributed by atoms with Gasteiger partial charge in [0, 0.05) is 0 Å². The number of hydrogen-bond acceptors (Lipinski definition) is 3. The molecule has 4 heteroatoms. The molecule has 102 valence electrons. The van der Waals surface area contributed by atoms with E-state index in [2.05, 4.69) is 0 Å². The smallest absolute Gasteiger partial charge is 0.144 e. The van der Waals surface area contributed by atoms with Gasteiger partial charge < -0.3 is 15.2 Å². The Morgan fingerprint density at radius 1 is 1.06 bits per heavy atom. The van der Waals surface area contributed by atoms with Crippen LogP contribution in [0.3, 0.4) is 0 Å². The largest absolute Gasteiger partial charge is 0.495 e. The number of nitrogens with two attached hydrogens (primary N) is 1. The Kier molecular flexibility index (Phi) is 6.91. The van der Waals surface area contributed by atoms with Crippen molar-refractivity contribution in [3.8, 4) is 11.5 Å². The third kappa shape index (κ3) is 4.07. The monoisotopic (exact) mass is 271 g/mol. The van der Waals surface area contributed by atoms with Crippen molar-refractivity contribution in [3.05, 3.63) is 22.7 Å². The van der Waals surface area contributed by atoms with Crippen LogP contribution in [0, 0.1) is 0 Å². The molecule has 1 rings (SSSR count). The summed E-state index contributed by atoms with van der Waals surface area (Å²) in [6, 6.07) is 3.91. The second-order valence-electron chi connectivity index (χ2n) is 4.23. The van der Waals surface area contributed by atoms with Crippen LogP contribution in [0.5, 0.6) is 11.5 Å². The number of unbranched alkanes of at least 4 members (excludes halogenated alkanes) is 3. The highest BCUT2D eigenvalue weighted by atomic mass is 35.5. The Hall–Kier alpha value is -0.930. The van der Waals surface area contributed by atoms with Crippen molar-refractivity contribution in [2.75, 3.05) is 20.8 Å². The molecular weight excluding hydrogens is 250 g/mol. The second kappa shape index (κ2) is 8.22. The van der Waals surface area contributed by atoms with Crippen LogP contribution < -0.4 is 15.2 Å². The lowest BCUT2D eigenvalue weighted by Gasteiger charge is -2.13. The van der Waals surface area contributed by atoms with Gasteiger partial charge in [-0.15, -0.1) is 0 Å². The zero-order valence-electron chi connectivity index (χ0n) is 11.2. The third-order valence-electron chi connectivity index (χ3n) is 2.97. The number of methoxy groups -OCH3 is 2. The van der Waals surface area contributed by atoms with E-state index in [9.17, 15) is 0 Å². The Labute approximate surface area is 114 Å². The van der Waals surface area contributed by atoms with E-state index in [1.54, 1.807) is 14.2 Å². The standard InChI is InChI=1S/C14H22ClNO2/c1-17-12-9-8-11(14(18-2)13(12)15)7-5-3-4-6-10-16/h8-9H,3-7,10,16H2,1-2H3. The third-order valence-corrected chi connectivity index (χ3v) is 3.33. The van der Waals surface area contributed by atoms with Gasteiger partial charge in [-0.3, -0.25) is 0 Å². The fourth-order valence-electron chi connectivity index (χ4n) is 1.97. The van der Waals surface area contributed by atoms with Crippen LogP contribution in [0.15, 0.2) is 12.1 Å². The molecule has 0 bridgehead atoms. The molecule has 0 unspecified atom stereocenters. The average molecular weight is 272 g/mol. The first kappa shape index (κ1) is 15.1. The van der Waals surface area contributed by atoms with Crippen LogP contribution in [-0.4, -0.2) is 20.8 Å². The van der Waals surface area contributed by atoms with Crippen molar-refractivity contribution in [2.45, 2.75) is 32.1 Å². The van der Waals surface area contributed by atoms with Gasteiger partial charge in [0.15, 0.2) is 0 Å². The summed E-state index contributed by atoms with van der Waals surface area (Å²) >= 11 is 6.21. The fraction of sp³-hybridized carbons (Fsp3) is 0.571. The molecule has 0 radical (unpaired) electrons. The Morgan fingerprint density at radius 3 is 2.39 bits per heavy atom. The summed E-state index contributed by atoms with van der Waals surface area (Å²) in [6.45, 7) is 0.775. The minimum atomic E-state index is 0.555. The molecule has 3 nitrogen and oxygen atoms in total. The van der Waals surface area contributed by atoms with Gasteiger partial charge in [0.05, 0.1) is 14.2 Å². The van der Waals surface area contributed by atoms with Gasteiger partial charge in [-0.05, 0) is 37.4 Å². The molecule has 0 saturated carbocycles. The highest BCUT2D eigenvalue weighted by Crippen LogP contribution is 2.37. The predicted octanol–water partition coefficient (Wildman–Crippen LogP) is 3.42. The van der Waals surface area contributed by atoms with Crippen LogP contribution in [0.25, 0.3) is 0 Å². The molecule has 1 aromatic carbocycles. The Morgan fingerprint density at radius 2 is 1.78 bits per heavy atom. The molecule has 0 saturated heterocycles. The average Bonchev–Trinajstić information content (AvgIpc) is 2.39. The second-order valence-corrected chi connectivity index (χ2v) is 4.61. The zero-order valence-corrected chi connectivity index (χ0v) is 11.9. The van der Waals surface area contributed by atoms with Crippen molar-refractivity contribution in [1.29, 1.82) is 0 Å². The number of hydrogen-bond donors (Lipinski definition) is 1. The number of benzene rings is 1. The zero-order chi connectivity index (χ0) is 13.4. The van der Waals surface area contributed by atoms with Gasteiger partial charge in [-0.25, -0.2) is 0 Å². The summed E-state index contributed by atoms with van der Waals surface area (Å²) in [6.07, 6.45) is 5.56. The first-order chi connectivity index (χ1) is 8.74. The molecule has 0 atom stereocenters. The van der Waals surface area contributed by atoms with Crippen LogP contribution >= 0.6 is 11.6 Å². The van der Waals surface area contributed by atoms with Crippen molar-refractivity contribution in [1.82, 2.24) is 0 Å². The maximum atomic E-state index is 6.21. The van der Waals surface area contributed by atoms with Gasteiger partial charge in [-0.1, -0.05) is 30.5 Å². The van der Waals surface area contributed by atoms with E-state index in [0.717, 1.165) is 37.1 Å². The van der Waals surface area contributed by atoms with E-state index >= 15 is 0 Å². The quantitative estimate of drug-likeness (QED) is 0.737. The van der Waals surface area contributed by atoms with Crippen LogP contribution in [0.2, 0.25) is 5.02 Å². The van der Waals surface area contributed by atoms with Gasteiger partial charge >= 0.3 is 0 Å². The van der Waals surface area contributed by atoms with Gasteiger partial charge in [0.1, 0.15) is 16.5 Å². The summed E-state index contributed by atoms with van der Waals surface area (Å²) in [5, 5.41) is 0.555. The van der Waals surface area contributed by atoms with E-state index in [0.29, 0.717) is 10.8 Å². The molecular formula is C14H22ClNO2. The highest BCUT2D eigenvalue weighted by Gasteiger charge is 2.12. The molecule has 0 aromatic heterocycles. The molecule has 0 aliphatic rings. The van der Waals surface area contributed by atoms with Gasteiger partial charge in [-0.2, -0.15) is 0 Å². The molecule has 0 aliphatic carbocycles. The van der Waals surface area contributed by atoms with E-state index in [-0.39, 0.29) is 0 Å². The maximum Gasteiger partial charge on any atom is 0.144 e. The first-order valence-electron chi connectivity index (χ1n) is 6.34. The number of rotatable bonds is 8. The molecule has 1 aromatic rings. The van der Waals surface area contributed by atoms with Crippen LogP contribution in [-0.2, 0) is 6.42 Å². The Balaban J connectivity index is 2.62. The molecule has 0 spiro atoms. The molecule has 0 amide bonds. The normalized spacial score (nSPS) is 10.4. The van der Waals surface area contributed by atoms with E-state index in [1.807, 2.05) is 12.1 Å². The minimum absolute atomic E-state index is 0.555. The Bertz CT molecular complexity index is 369. The number of halogens is 1. The lowest BCUT2D eigenvalue weighted by molar-refractivity contribution is 0.391. The van der Waals surface area contributed by atoms with E-state index in [1.165, 1.54) is 12.8 Å². The van der Waals surface area contributed by atoms with E-state index < -0.39 is 0 Å². The summed E-state index contributed by atoms with van der Waals surface area (Å²) in [7, 11) is 3.24. The van der Waals surface area contributed by atoms with Crippen LogP contribution in [0.1, 0.15) is 31.2 Å². The predicted molar refractivity (Wildman–Crippen MR) is 75.8 cm³/mol. The van der Waals surface area contributed by atoms with Crippen LogP contribution in [0.4, 0.5) is 0 Å². The summed E-state index contributed by atoms with van der Waals surface area (Å²) in [4.78, 5) is 0. The first-order valence-corrected chi connectivity index (χ1v) is 6.71. The minimum Gasteiger partial charge on any atom is -0.495 e. The van der Waals surface area contributed by atoms with E-state index in [4.69, 9.17) is 26.8 Å². The maximum absolute atomic E-state index is 6.21. The summed E-state index contributed by atoms with van der Waals surface area (Å²) in [5.74, 6) is 1.38. The topological polar surface area (TPSA) is 44.5 Å². The summed E-state index contributed by atoms with van der Waals surface area (Å²) < 4.78 is 10.5. The van der Waals surface area contributed by atoms with Gasteiger partial charge in [0.2, 0.25) is 0 Å². The molecule has 0 heterocycles. The molecule has 2 N–H and O–H groups in total. The fourth-order valence-corrected chi connectivity index (χ4v) is 2.31. The molecule has 18 heavy (non-hydrogen) atoms. The van der Waals surface area contributed by atoms with Crippen molar-refractivity contribution < 1.29 is 9.47 Å². The van der Waals surface area contributed by atoms with Crippen molar-refractivity contribution >= 4 is 11.6 Å². The highest BCUT2D eigenvalue weighted by molar-refractivity contribution is 6.33. The van der Waals surface area contributed by atoms with Gasteiger partial charge in [0.25, 0.3) is 0 Å². The number of aryl methyl sites for hydroxylation is 1. The number of ether oxygens (including phenoxy) is 2. The summed E-state index contributed by atoms with van der Waals surface area (Å²) in [5.41, 5.74) is 6.60. The lowest BCUT2D eigenvalue weighted by Crippen LogP contribution is -1.98.